The van der Waals surface area contributed by atoms with E-state index in [2.05, 4.69) is 15.6 Å². The third kappa shape index (κ3) is 6.51. The number of rotatable bonds is 8. The zero-order chi connectivity index (χ0) is 31.4. The summed E-state index contributed by atoms with van der Waals surface area (Å²) in [4.78, 5) is 56.1. The second kappa shape index (κ2) is 13.4. The van der Waals surface area contributed by atoms with Gasteiger partial charge in [-0.3, -0.25) is 9.59 Å². The lowest BCUT2D eigenvalue weighted by Gasteiger charge is -2.09. The molecule has 0 fully saturated rings. The van der Waals surface area contributed by atoms with Gasteiger partial charge in [-0.05, 0) is 47.5 Å². The molecule has 44 heavy (non-hydrogen) atoms. The molecule has 2 aromatic carbocycles. The summed E-state index contributed by atoms with van der Waals surface area (Å²) in [7, 11) is 2.50. The zero-order valence-electron chi connectivity index (χ0n) is 23.0. The summed E-state index contributed by atoms with van der Waals surface area (Å²) in [5.41, 5.74) is 2.74. The highest BCUT2D eigenvalue weighted by molar-refractivity contribution is 7.15. The second-order valence-corrected chi connectivity index (χ2v) is 11.7. The standard InChI is InChI=1S/C31H21Cl2N3O6S2/c1-41-30(39)24-20(16-6-10-18(32)11-7-16)14-43-28(24)35-26(37)22-4-3-5-23(34-22)27(38)36-29-25(31(40)42-2)21(15-44-29)17-8-12-19(33)13-9-17/h3-15H,1-2H3,(H,35,37)(H,36,38). The van der Waals surface area contributed by atoms with E-state index in [0.717, 1.165) is 22.7 Å². The van der Waals surface area contributed by atoms with E-state index in [4.69, 9.17) is 32.7 Å². The van der Waals surface area contributed by atoms with Crippen LogP contribution in [0.4, 0.5) is 10.0 Å². The molecule has 0 bridgehead atoms. The van der Waals surface area contributed by atoms with Crippen LogP contribution < -0.4 is 10.6 Å². The first-order valence-electron chi connectivity index (χ1n) is 12.7. The number of nitrogens with one attached hydrogen (secondary N) is 2. The van der Waals surface area contributed by atoms with Crippen molar-refractivity contribution in [2.45, 2.75) is 0 Å². The molecule has 0 aliphatic carbocycles. The lowest BCUT2D eigenvalue weighted by Crippen LogP contribution is -2.19. The third-order valence-corrected chi connectivity index (χ3v) is 8.63. The van der Waals surface area contributed by atoms with Crippen molar-refractivity contribution in [2.24, 2.45) is 0 Å². The van der Waals surface area contributed by atoms with E-state index in [0.29, 0.717) is 32.3 Å². The molecule has 2 amide bonds. The molecule has 0 radical (unpaired) electrons. The first-order valence-corrected chi connectivity index (χ1v) is 15.2. The van der Waals surface area contributed by atoms with Crippen molar-refractivity contribution in [1.29, 1.82) is 0 Å². The lowest BCUT2D eigenvalue weighted by atomic mass is 10.0. The molecule has 5 aromatic rings. The van der Waals surface area contributed by atoms with E-state index < -0.39 is 23.8 Å². The SMILES string of the molecule is COC(=O)c1c(-c2ccc(Cl)cc2)csc1NC(=O)c1cccc(C(=O)Nc2scc(-c3ccc(Cl)cc3)c2C(=O)OC)n1. The summed E-state index contributed by atoms with van der Waals surface area (Å²) >= 11 is 14.3. The molecular formula is C31H21Cl2N3O6S2. The number of pyridine rings is 1. The molecule has 0 saturated heterocycles. The number of hydrogen-bond acceptors (Lipinski definition) is 9. The number of benzene rings is 2. The van der Waals surface area contributed by atoms with Crippen LogP contribution in [0, 0.1) is 0 Å². The first kappa shape index (κ1) is 30.9. The van der Waals surface area contributed by atoms with Crippen molar-refractivity contribution in [3.05, 3.63) is 110 Å². The van der Waals surface area contributed by atoms with Crippen molar-refractivity contribution in [3.63, 3.8) is 0 Å². The molecule has 0 unspecified atom stereocenters. The largest absolute Gasteiger partial charge is 0.465 e. The van der Waals surface area contributed by atoms with Crippen LogP contribution in [0.25, 0.3) is 22.3 Å². The smallest absolute Gasteiger partial charge is 0.341 e. The number of amides is 2. The van der Waals surface area contributed by atoms with E-state index >= 15 is 0 Å². The average molecular weight is 667 g/mol. The fraction of sp³-hybridized carbons (Fsp3) is 0.0645. The number of esters is 2. The number of carbonyl (C=O) groups excluding carboxylic acids is 4. The Hall–Kier alpha value is -4.55. The van der Waals surface area contributed by atoms with Crippen LogP contribution in [0.2, 0.25) is 10.0 Å². The minimum absolute atomic E-state index is 0.0730. The normalized spacial score (nSPS) is 10.6. The van der Waals surface area contributed by atoms with Crippen molar-refractivity contribution < 1.29 is 28.7 Å². The van der Waals surface area contributed by atoms with Gasteiger partial charge < -0.3 is 20.1 Å². The Labute approximate surface area is 269 Å². The maximum absolute atomic E-state index is 13.2. The fourth-order valence-corrected chi connectivity index (χ4v) is 6.37. The van der Waals surface area contributed by atoms with Crippen LogP contribution in [0.3, 0.4) is 0 Å². The van der Waals surface area contributed by atoms with Crippen molar-refractivity contribution in [1.82, 2.24) is 4.98 Å². The Kier molecular flexibility index (Phi) is 9.40. The monoisotopic (exact) mass is 665 g/mol. The van der Waals surface area contributed by atoms with Gasteiger partial charge in [0.05, 0.1) is 14.2 Å². The Balaban J connectivity index is 1.39. The van der Waals surface area contributed by atoms with Crippen molar-refractivity contribution in [2.75, 3.05) is 24.9 Å². The van der Waals surface area contributed by atoms with Crippen LogP contribution >= 0.6 is 45.9 Å². The van der Waals surface area contributed by atoms with E-state index in [-0.39, 0.29) is 32.5 Å². The van der Waals surface area contributed by atoms with Crippen LogP contribution in [-0.2, 0) is 9.47 Å². The number of aromatic nitrogens is 1. The molecule has 3 heterocycles. The second-order valence-electron chi connectivity index (χ2n) is 9.02. The number of anilines is 2. The van der Waals surface area contributed by atoms with Gasteiger partial charge >= 0.3 is 11.9 Å². The molecule has 0 aliphatic rings. The van der Waals surface area contributed by atoms with Gasteiger partial charge in [0.25, 0.3) is 11.8 Å². The minimum atomic E-state index is -0.647. The number of carbonyl (C=O) groups is 4. The summed E-state index contributed by atoms with van der Waals surface area (Å²) in [6.45, 7) is 0. The molecule has 5 rings (SSSR count). The van der Waals surface area contributed by atoms with E-state index in [1.54, 1.807) is 59.3 Å². The summed E-state index contributed by atoms with van der Waals surface area (Å²) in [5.74, 6) is -2.57. The van der Waals surface area contributed by atoms with E-state index in [1.807, 2.05) is 0 Å². The number of nitrogens with zero attached hydrogens (tertiary/aromatic N) is 1. The molecule has 2 N–H and O–H groups in total. The topological polar surface area (TPSA) is 124 Å². The molecule has 0 aliphatic heterocycles. The average Bonchev–Trinajstić information content (AvgIpc) is 3.65. The summed E-state index contributed by atoms with van der Waals surface area (Å²) in [6.07, 6.45) is 0. The molecule has 3 aromatic heterocycles. The quantitative estimate of drug-likeness (QED) is 0.161. The minimum Gasteiger partial charge on any atom is -0.465 e. The van der Waals surface area contributed by atoms with Crippen LogP contribution in [0.5, 0.6) is 0 Å². The van der Waals surface area contributed by atoms with Crippen molar-refractivity contribution in [3.8, 4) is 22.3 Å². The van der Waals surface area contributed by atoms with Crippen molar-refractivity contribution >= 4 is 79.6 Å². The highest BCUT2D eigenvalue weighted by atomic mass is 35.5. The molecule has 222 valence electrons. The summed E-state index contributed by atoms with van der Waals surface area (Å²) in [5, 5.41) is 10.4. The van der Waals surface area contributed by atoms with E-state index in [9.17, 15) is 19.2 Å². The zero-order valence-corrected chi connectivity index (χ0v) is 26.1. The van der Waals surface area contributed by atoms with Gasteiger partial charge in [0.15, 0.2) is 0 Å². The number of halogens is 2. The summed E-state index contributed by atoms with van der Waals surface area (Å²) < 4.78 is 9.94. The molecule has 0 saturated carbocycles. The first-order chi connectivity index (χ1) is 21.2. The Morgan fingerprint density at radius 2 is 1.02 bits per heavy atom. The van der Waals surface area contributed by atoms with Gasteiger partial charge in [-0.25, -0.2) is 14.6 Å². The maximum atomic E-state index is 13.2. The highest BCUT2D eigenvalue weighted by Crippen LogP contribution is 2.38. The summed E-state index contributed by atoms with van der Waals surface area (Å²) in [6, 6.07) is 18.1. The number of ether oxygens (including phenoxy) is 2. The third-order valence-electron chi connectivity index (χ3n) is 6.34. The molecule has 0 spiro atoms. The highest BCUT2D eigenvalue weighted by Gasteiger charge is 2.25. The number of methoxy groups -OCH3 is 2. The van der Waals surface area contributed by atoms with Gasteiger partial charge in [0, 0.05) is 31.9 Å². The molecular weight excluding hydrogens is 645 g/mol. The number of thiophene rings is 2. The van der Waals surface area contributed by atoms with Gasteiger partial charge in [-0.15, -0.1) is 22.7 Å². The maximum Gasteiger partial charge on any atom is 0.341 e. The molecule has 9 nitrogen and oxygen atoms in total. The molecule has 0 atom stereocenters. The fourth-order valence-electron chi connectivity index (χ4n) is 4.21. The predicted molar refractivity (Wildman–Crippen MR) is 172 cm³/mol. The van der Waals surface area contributed by atoms with Gasteiger partial charge in [0.2, 0.25) is 0 Å². The Morgan fingerprint density at radius 1 is 0.636 bits per heavy atom. The van der Waals surface area contributed by atoms with Crippen LogP contribution in [0.15, 0.2) is 77.5 Å². The lowest BCUT2D eigenvalue weighted by molar-refractivity contribution is 0.0594. The Bertz CT molecular complexity index is 1750. The van der Waals surface area contributed by atoms with Crippen LogP contribution in [-0.4, -0.2) is 43.0 Å². The van der Waals surface area contributed by atoms with Gasteiger partial charge in [0.1, 0.15) is 32.5 Å². The number of hydrogen-bond donors (Lipinski definition) is 2. The Morgan fingerprint density at radius 3 is 1.39 bits per heavy atom. The van der Waals surface area contributed by atoms with Gasteiger partial charge in [-0.1, -0.05) is 53.5 Å². The van der Waals surface area contributed by atoms with Crippen LogP contribution in [0.1, 0.15) is 41.7 Å². The predicted octanol–water partition coefficient (Wildman–Crippen LogP) is 7.92. The van der Waals surface area contributed by atoms with E-state index in [1.165, 1.54) is 32.4 Å². The van der Waals surface area contributed by atoms with Gasteiger partial charge in [-0.2, -0.15) is 0 Å². The molecule has 13 heteroatoms.